The number of rotatable bonds is 1. The summed E-state index contributed by atoms with van der Waals surface area (Å²) in [5, 5.41) is 18.7. The van der Waals surface area contributed by atoms with E-state index in [1.54, 1.807) is 13.0 Å². The van der Waals surface area contributed by atoms with Crippen LogP contribution in [0.2, 0.25) is 0 Å². The maximum Gasteiger partial charge on any atom is 0.264 e. The Bertz CT molecular complexity index is 492. The fourth-order valence-electron chi connectivity index (χ4n) is 1.44. The van der Waals surface area contributed by atoms with E-state index in [0.717, 1.165) is 15.9 Å². The first-order valence-corrected chi connectivity index (χ1v) is 4.59. The highest BCUT2D eigenvalue weighted by Crippen LogP contribution is 2.18. The summed E-state index contributed by atoms with van der Waals surface area (Å²) < 4.78 is 5.71. The SMILES string of the molecule is Cc1cc(-c2cnno2)[n+]([O-])c(C)c1C. The second kappa shape index (κ2) is 3.34. The number of pyridine rings is 1. The number of aryl methyl sites for hydroxylation is 1. The van der Waals surface area contributed by atoms with Crippen LogP contribution < -0.4 is 4.73 Å². The van der Waals surface area contributed by atoms with Gasteiger partial charge in [0.25, 0.3) is 11.5 Å². The summed E-state index contributed by atoms with van der Waals surface area (Å²) in [6.45, 7) is 5.65. The highest BCUT2D eigenvalue weighted by Gasteiger charge is 2.18. The normalized spacial score (nSPS) is 10.6. The Labute approximate surface area is 86.9 Å². The molecule has 0 aliphatic heterocycles. The van der Waals surface area contributed by atoms with Crippen LogP contribution in [0.3, 0.4) is 0 Å². The van der Waals surface area contributed by atoms with Crippen LogP contribution in [0.25, 0.3) is 11.5 Å². The van der Waals surface area contributed by atoms with E-state index in [-0.39, 0.29) is 0 Å². The van der Waals surface area contributed by atoms with Gasteiger partial charge in [-0.15, -0.1) is 5.10 Å². The van der Waals surface area contributed by atoms with Crippen molar-refractivity contribution >= 4 is 0 Å². The Morgan fingerprint density at radius 1 is 1.33 bits per heavy atom. The van der Waals surface area contributed by atoms with Crippen molar-refractivity contribution in [3.8, 4) is 11.5 Å². The van der Waals surface area contributed by atoms with Crippen molar-refractivity contribution in [2.45, 2.75) is 20.8 Å². The highest BCUT2D eigenvalue weighted by atomic mass is 16.5. The quantitative estimate of drug-likeness (QED) is 0.519. The van der Waals surface area contributed by atoms with E-state index in [4.69, 9.17) is 4.52 Å². The second-order valence-electron chi connectivity index (χ2n) is 3.50. The van der Waals surface area contributed by atoms with Crippen LogP contribution in [0, 0.1) is 26.0 Å². The van der Waals surface area contributed by atoms with Crippen molar-refractivity contribution in [1.82, 2.24) is 10.4 Å². The van der Waals surface area contributed by atoms with Gasteiger partial charge in [-0.05, 0) is 19.4 Å². The van der Waals surface area contributed by atoms with Crippen molar-refractivity contribution in [2.24, 2.45) is 0 Å². The van der Waals surface area contributed by atoms with Crippen molar-refractivity contribution in [3.05, 3.63) is 34.3 Å². The highest BCUT2D eigenvalue weighted by molar-refractivity contribution is 5.49. The summed E-state index contributed by atoms with van der Waals surface area (Å²) in [7, 11) is 0. The Balaban J connectivity index is 2.69. The van der Waals surface area contributed by atoms with Crippen molar-refractivity contribution < 1.29 is 9.25 Å². The molecule has 0 unspecified atom stereocenters. The molecule has 2 aromatic heterocycles. The van der Waals surface area contributed by atoms with Crippen molar-refractivity contribution in [2.75, 3.05) is 0 Å². The number of hydrogen-bond acceptors (Lipinski definition) is 4. The molecule has 0 aromatic carbocycles. The molecule has 15 heavy (non-hydrogen) atoms. The number of aromatic nitrogens is 3. The monoisotopic (exact) mass is 205 g/mol. The molecule has 0 radical (unpaired) electrons. The molecule has 78 valence electrons. The van der Waals surface area contributed by atoms with E-state index in [1.165, 1.54) is 6.20 Å². The lowest BCUT2D eigenvalue weighted by Crippen LogP contribution is -2.34. The molecule has 2 heterocycles. The number of hydrogen-bond donors (Lipinski definition) is 0. The molecular formula is C10H11N3O2. The zero-order valence-electron chi connectivity index (χ0n) is 8.81. The predicted molar refractivity (Wildman–Crippen MR) is 52.9 cm³/mol. The van der Waals surface area contributed by atoms with Crippen molar-refractivity contribution in [3.63, 3.8) is 0 Å². The fraction of sp³-hybridized carbons (Fsp3) is 0.300. The van der Waals surface area contributed by atoms with Gasteiger partial charge in [-0.3, -0.25) is 0 Å². The minimum atomic E-state index is 0.385. The average molecular weight is 205 g/mol. The lowest BCUT2D eigenvalue weighted by molar-refractivity contribution is -0.601. The Hall–Kier alpha value is -1.91. The maximum atomic E-state index is 11.8. The summed E-state index contributed by atoms with van der Waals surface area (Å²) in [4.78, 5) is 0. The molecule has 0 fully saturated rings. The molecule has 5 heteroatoms. The minimum Gasteiger partial charge on any atom is -0.618 e. The Kier molecular flexibility index (Phi) is 2.15. The van der Waals surface area contributed by atoms with Crippen LogP contribution in [0.15, 0.2) is 16.8 Å². The molecule has 0 amide bonds. The van der Waals surface area contributed by atoms with E-state index in [9.17, 15) is 5.21 Å². The lowest BCUT2D eigenvalue weighted by atomic mass is 10.1. The molecule has 0 N–H and O–H groups in total. The molecule has 2 rings (SSSR count). The Morgan fingerprint density at radius 2 is 2.07 bits per heavy atom. The van der Waals surface area contributed by atoms with Crippen LogP contribution in [-0.4, -0.2) is 10.4 Å². The van der Waals surface area contributed by atoms with Crippen LogP contribution in [0.4, 0.5) is 0 Å². The van der Waals surface area contributed by atoms with E-state index < -0.39 is 0 Å². The van der Waals surface area contributed by atoms with E-state index in [1.807, 2.05) is 13.8 Å². The average Bonchev–Trinajstić information content (AvgIpc) is 2.73. The Morgan fingerprint density at radius 3 is 2.67 bits per heavy atom. The smallest absolute Gasteiger partial charge is 0.264 e. The van der Waals surface area contributed by atoms with Gasteiger partial charge in [-0.2, -0.15) is 4.73 Å². The third-order valence-corrected chi connectivity index (χ3v) is 2.62. The fourth-order valence-corrected chi connectivity index (χ4v) is 1.44. The van der Waals surface area contributed by atoms with Gasteiger partial charge >= 0.3 is 0 Å². The van der Waals surface area contributed by atoms with E-state index >= 15 is 0 Å². The molecule has 2 aromatic rings. The van der Waals surface area contributed by atoms with Crippen LogP contribution in [0.1, 0.15) is 16.8 Å². The molecule has 0 spiro atoms. The molecule has 0 aliphatic carbocycles. The largest absolute Gasteiger partial charge is 0.618 e. The molecular weight excluding hydrogens is 194 g/mol. The predicted octanol–water partition coefficient (Wildman–Crippen LogP) is 1.30. The van der Waals surface area contributed by atoms with Gasteiger partial charge in [0, 0.05) is 23.8 Å². The molecule has 0 saturated carbocycles. The standard InChI is InChI=1S/C10H11N3O2/c1-6-4-9(10-5-11-12-15-10)13(14)8(3)7(6)2/h4-5H,1-3H3. The van der Waals surface area contributed by atoms with E-state index in [2.05, 4.69) is 10.4 Å². The minimum absolute atomic E-state index is 0.385. The zero-order chi connectivity index (χ0) is 11.0. The molecule has 5 nitrogen and oxygen atoms in total. The first-order chi connectivity index (χ1) is 7.11. The van der Waals surface area contributed by atoms with Gasteiger partial charge in [0.15, 0.2) is 5.69 Å². The first-order valence-electron chi connectivity index (χ1n) is 4.59. The van der Waals surface area contributed by atoms with Gasteiger partial charge in [0.2, 0.25) is 0 Å². The lowest BCUT2D eigenvalue weighted by Gasteiger charge is -2.09. The van der Waals surface area contributed by atoms with E-state index in [0.29, 0.717) is 17.1 Å². The topological polar surface area (TPSA) is 65.9 Å². The molecule has 0 aliphatic rings. The van der Waals surface area contributed by atoms with Crippen LogP contribution >= 0.6 is 0 Å². The zero-order valence-corrected chi connectivity index (χ0v) is 8.81. The summed E-state index contributed by atoms with van der Waals surface area (Å²) >= 11 is 0. The van der Waals surface area contributed by atoms with Gasteiger partial charge < -0.3 is 9.73 Å². The first kappa shape index (κ1) is 9.64. The summed E-state index contributed by atoms with van der Waals surface area (Å²) in [5.74, 6) is 0.385. The third-order valence-electron chi connectivity index (χ3n) is 2.62. The van der Waals surface area contributed by atoms with Gasteiger partial charge in [0.1, 0.15) is 6.20 Å². The van der Waals surface area contributed by atoms with Crippen LogP contribution in [-0.2, 0) is 0 Å². The molecule has 0 bridgehead atoms. The summed E-state index contributed by atoms with van der Waals surface area (Å²) in [6, 6.07) is 1.78. The third kappa shape index (κ3) is 1.45. The maximum absolute atomic E-state index is 11.8. The van der Waals surface area contributed by atoms with Crippen LogP contribution in [0.5, 0.6) is 0 Å². The van der Waals surface area contributed by atoms with Gasteiger partial charge in [0.05, 0.1) is 0 Å². The summed E-state index contributed by atoms with van der Waals surface area (Å²) in [6.07, 6.45) is 1.43. The van der Waals surface area contributed by atoms with Gasteiger partial charge in [-0.25, -0.2) is 0 Å². The molecule has 0 saturated heterocycles. The van der Waals surface area contributed by atoms with Gasteiger partial charge in [-0.1, -0.05) is 0 Å². The number of nitrogens with zero attached hydrogens (tertiary/aromatic N) is 3. The second-order valence-corrected chi connectivity index (χ2v) is 3.50. The molecule has 0 atom stereocenters. The van der Waals surface area contributed by atoms with Crippen molar-refractivity contribution in [1.29, 1.82) is 0 Å². The summed E-state index contributed by atoms with van der Waals surface area (Å²) in [5.41, 5.74) is 3.15.